The van der Waals surface area contributed by atoms with Crippen LogP contribution in [0.4, 0.5) is 0 Å². The largest absolute Gasteiger partial charge is 0.383 e. The van der Waals surface area contributed by atoms with Gasteiger partial charge in [-0.1, -0.05) is 0 Å². The molecule has 0 radical (unpaired) electrons. The molecule has 0 aromatic carbocycles. The first-order valence-electron chi connectivity index (χ1n) is 4.03. The van der Waals surface area contributed by atoms with Gasteiger partial charge in [-0.3, -0.25) is 4.79 Å². The highest BCUT2D eigenvalue weighted by molar-refractivity contribution is 5.99. The molecule has 0 aliphatic carbocycles. The Morgan fingerprint density at radius 3 is 2.42 bits per heavy atom. The minimum absolute atomic E-state index is 0.0451. The Hall–Kier alpha value is -0.830. The van der Waals surface area contributed by atoms with Gasteiger partial charge in [0.1, 0.15) is 0 Å². The maximum absolute atomic E-state index is 11.4. The van der Waals surface area contributed by atoms with Crippen molar-refractivity contribution < 1.29 is 9.53 Å². The SMILES string of the molecule is CC1OC1(C)C(=O)/C=C\N(C)C. The van der Waals surface area contributed by atoms with Gasteiger partial charge < -0.3 is 9.64 Å². The lowest BCUT2D eigenvalue weighted by Gasteiger charge is -2.04. The van der Waals surface area contributed by atoms with Crippen LogP contribution in [0.15, 0.2) is 12.3 Å². The first kappa shape index (κ1) is 9.26. The number of rotatable bonds is 3. The van der Waals surface area contributed by atoms with Crippen LogP contribution < -0.4 is 0 Å². The standard InChI is InChI=1S/C9H15NO2/c1-7-9(2,12-7)8(11)5-6-10(3)4/h5-7H,1-4H3/b6-5-. The number of carbonyl (C=O) groups is 1. The number of epoxide rings is 1. The summed E-state index contributed by atoms with van der Waals surface area (Å²) in [6.45, 7) is 3.72. The second kappa shape index (κ2) is 2.90. The number of hydrogen-bond acceptors (Lipinski definition) is 3. The normalized spacial score (nSPS) is 33.8. The van der Waals surface area contributed by atoms with E-state index in [4.69, 9.17) is 4.74 Å². The van der Waals surface area contributed by atoms with E-state index in [9.17, 15) is 4.79 Å². The molecule has 0 aromatic rings. The van der Waals surface area contributed by atoms with Crippen molar-refractivity contribution >= 4 is 5.78 Å². The topological polar surface area (TPSA) is 32.8 Å². The van der Waals surface area contributed by atoms with Crippen molar-refractivity contribution in [2.75, 3.05) is 14.1 Å². The zero-order valence-electron chi connectivity index (χ0n) is 8.00. The van der Waals surface area contributed by atoms with E-state index in [0.29, 0.717) is 0 Å². The second-order valence-electron chi connectivity index (χ2n) is 3.51. The summed E-state index contributed by atoms with van der Waals surface area (Å²) in [5.41, 5.74) is -0.549. The average Bonchev–Trinajstić information content (AvgIpc) is 2.56. The van der Waals surface area contributed by atoms with Gasteiger partial charge in [-0.25, -0.2) is 0 Å². The quantitative estimate of drug-likeness (QED) is 0.463. The zero-order chi connectivity index (χ0) is 9.35. The summed E-state index contributed by atoms with van der Waals surface area (Å²) in [7, 11) is 3.76. The summed E-state index contributed by atoms with van der Waals surface area (Å²) in [6, 6.07) is 0. The van der Waals surface area contributed by atoms with Crippen LogP contribution in [0.1, 0.15) is 13.8 Å². The van der Waals surface area contributed by atoms with Crippen molar-refractivity contribution in [3.8, 4) is 0 Å². The average molecular weight is 169 g/mol. The maximum atomic E-state index is 11.4. The monoisotopic (exact) mass is 169 g/mol. The second-order valence-corrected chi connectivity index (χ2v) is 3.51. The van der Waals surface area contributed by atoms with E-state index in [0.717, 1.165) is 0 Å². The third-order valence-corrected chi connectivity index (χ3v) is 2.15. The lowest BCUT2D eigenvalue weighted by atomic mass is 10.0. The smallest absolute Gasteiger partial charge is 0.191 e. The van der Waals surface area contributed by atoms with E-state index < -0.39 is 5.60 Å². The fourth-order valence-corrected chi connectivity index (χ4v) is 0.974. The van der Waals surface area contributed by atoms with Gasteiger partial charge in [-0.05, 0) is 13.8 Å². The van der Waals surface area contributed by atoms with E-state index in [1.54, 1.807) is 12.3 Å². The highest BCUT2D eigenvalue weighted by Gasteiger charge is 2.54. The van der Waals surface area contributed by atoms with Crippen LogP contribution in [0.25, 0.3) is 0 Å². The van der Waals surface area contributed by atoms with Gasteiger partial charge in [0.15, 0.2) is 11.4 Å². The van der Waals surface area contributed by atoms with Gasteiger partial charge >= 0.3 is 0 Å². The summed E-state index contributed by atoms with van der Waals surface area (Å²) < 4.78 is 5.18. The molecular weight excluding hydrogens is 154 g/mol. The molecule has 1 aliphatic heterocycles. The van der Waals surface area contributed by atoms with Crippen LogP contribution in [0, 0.1) is 0 Å². The molecule has 3 heteroatoms. The van der Waals surface area contributed by atoms with Crippen LogP contribution in [-0.2, 0) is 9.53 Å². The molecule has 2 atom stereocenters. The summed E-state index contributed by atoms with van der Waals surface area (Å²) in [5, 5.41) is 0. The van der Waals surface area contributed by atoms with E-state index in [-0.39, 0.29) is 11.9 Å². The van der Waals surface area contributed by atoms with Crippen LogP contribution in [0.3, 0.4) is 0 Å². The Morgan fingerprint density at radius 2 is 2.08 bits per heavy atom. The van der Waals surface area contributed by atoms with Gasteiger partial charge in [-0.2, -0.15) is 0 Å². The van der Waals surface area contributed by atoms with Crippen molar-refractivity contribution in [3.63, 3.8) is 0 Å². The number of carbonyl (C=O) groups excluding carboxylic acids is 1. The fraction of sp³-hybridized carbons (Fsp3) is 0.667. The van der Waals surface area contributed by atoms with E-state index in [1.807, 2.05) is 32.8 Å². The summed E-state index contributed by atoms with van der Waals surface area (Å²) >= 11 is 0. The number of nitrogens with zero attached hydrogens (tertiary/aromatic N) is 1. The van der Waals surface area contributed by atoms with Gasteiger partial charge in [0.25, 0.3) is 0 Å². The summed E-state index contributed by atoms with van der Waals surface area (Å²) in [4.78, 5) is 13.2. The number of ether oxygens (including phenoxy) is 1. The van der Waals surface area contributed by atoms with Gasteiger partial charge in [0, 0.05) is 26.4 Å². The minimum atomic E-state index is -0.549. The Balaban J connectivity index is 2.50. The molecule has 0 N–H and O–H groups in total. The van der Waals surface area contributed by atoms with E-state index in [2.05, 4.69) is 0 Å². The van der Waals surface area contributed by atoms with Crippen molar-refractivity contribution in [1.29, 1.82) is 0 Å². The first-order chi connectivity index (χ1) is 5.47. The molecule has 68 valence electrons. The molecule has 0 saturated carbocycles. The minimum Gasteiger partial charge on any atom is -0.383 e. The first-order valence-corrected chi connectivity index (χ1v) is 4.03. The molecule has 3 nitrogen and oxygen atoms in total. The molecule has 0 aromatic heterocycles. The predicted molar refractivity (Wildman–Crippen MR) is 46.8 cm³/mol. The van der Waals surface area contributed by atoms with E-state index >= 15 is 0 Å². The molecule has 1 heterocycles. The molecule has 1 aliphatic rings. The Morgan fingerprint density at radius 1 is 1.58 bits per heavy atom. The van der Waals surface area contributed by atoms with Crippen LogP contribution in [0.5, 0.6) is 0 Å². The van der Waals surface area contributed by atoms with Gasteiger partial charge in [0.05, 0.1) is 6.10 Å². The predicted octanol–water partition coefficient (Wildman–Crippen LogP) is 0.808. The third-order valence-electron chi connectivity index (χ3n) is 2.15. The van der Waals surface area contributed by atoms with Crippen LogP contribution >= 0.6 is 0 Å². The van der Waals surface area contributed by atoms with Gasteiger partial charge in [-0.15, -0.1) is 0 Å². The molecule has 1 saturated heterocycles. The highest BCUT2D eigenvalue weighted by atomic mass is 16.6. The van der Waals surface area contributed by atoms with Crippen molar-refractivity contribution in [3.05, 3.63) is 12.3 Å². The lowest BCUT2D eigenvalue weighted by molar-refractivity contribution is -0.118. The Kier molecular flexibility index (Phi) is 2.24. The van der Waals surface area contributed by atoms with E-state index in [1.165, 1.54) is 0 Å². The summed E-state index contributed by atoms with van der Waals surface area (Å²) in [6.07, 6.45) is 3.36. The van der Waals surface area contributed by atoms with Crippen molar-refractivity contribution in [1.82, 2.24) is 4.90 Å². The molecule has 12 heavy (non-hydrogen) atoms. The number of ketones is 1. The molecule has 0 amide bonds. The van der Waals surface area contributed by atoms with Crippen molar-refractivity contribution in [2.45, 2.75) is 25.6 Å². The lowest BCUT2D eigenvalue weighted by Crippen LogP contribution is -2.21. The van der Waals surface area contributed by atoms with Gasteiger partial charge in [0.2, 0.25) is 0 Å². The molecule has 0 bridgehead atoms. The Labute approximate surface area is 73.0 Å². The fourth-order valence-electron chi connectivity index (χ4n) is 0.974. The van der Waals surface area contributed by atoms with Crippen LogP contribution in [-0.4, -0.2) is 36.5 Å². The molecular formula is C9H15NO2. The summed E-state index contributed by atoms with van der Waals surface area (Å²) in [5.74, 6) is 0.0451. The maximum Gasteiger partial charge on any atom is 0.191 e. The molecule has 1 rings (SSSR count). The third kappa shape index (κ3) is 1.67. The van der Waals surface area contributed by atoms with Crippen molar-refractivity contribution in [2.24, 2.45) is 0 Å². The Bertz CT molecular complexity index is 223. The highest BCUT2D eigenvalue weighted by Crippen LogP contribution is 2.36. The molecule has 1 fully saturated rings. The molecule has 2 unspecified atom stereocenters. The molecule has 0 spiro atoms. The zero-order valence-corrected chi connectivity index (χ0v) is 8.00. The van der Waals surface area contributed by atoms with Crippen LogP contribution in [0.2, 0.25) is 0 Å². The number of hydrogen-bond donors (Lipinski definition) is 0.